The predicted molar refractivity (Wildman–Crippen MR) is 111 cm³/mol. The Morgan fingerprint density at radius 1 is 1.17 bits per heavy atom. The lowest BCUT2D eigenvalue weighted by Gasteiger charge is -2.29. The van der Waals surface area contributed by atoms with E-state index in [0.29, 0.717) is 11.6 Å². The summed E-state index contributed by atoms with van der Waals surface area (Å²) in [5.74, 6) is -0.949. The van der Waals surface area contributed by atoms with Crippen molar-refractivity contribution in [1.82, 2.24) is 9.97 Å². The van der Waals surface area contributed by atoms with E-state index in [0.717, 1.165) is 43.5 Å². The molecule has 2 aliphatic rings. The molecule has 0 radical (unpaired) electrons. The summed E-state index contributed by atoms with van der Waals surface area (Å²) in [5.41, 5.74) is 2.44. The first kappa shape index (κ1) is 19.2. The van der Waals surface area contributed by atoms with E-state index in [9.17, 15) is 14.4 Å². The molecule has 1 aromatic carbocycles. The van der Waals surface area contributed by atoms with Gasteiger partial charge in [-0.25, -0.2) is 0 Å². The minimum absolute atomic E-state index is 0.0858. The maximum Gasteiger partial charge on any atom is 0.258 e. The highest BCUT2D eigenvalue weighted by molar-refractivity contribution is 6.04. The van der Waals surface area contributed by atoms with Gasteiger partial charge in [-0.1, -0.05) is 12.1 Å². The Kier molecular flexibility index (Phi) is 5.08. The van der Waals surface area contributed by atoms with Crippen LogP contribution in [-0.4, -0.2) is 34.9 Å². The second-order valence-electron chi connectivity index (χ2n) is 7.81. The van der Waals surface area contributed by atoms with Gasteiger partial charge in [-0.05, 0) is 50.3 Å². The lowest BCUT2D eigenvalue weighted by atomic mass is 9.92. The van der Waals surface area contributed by atoms with Gasteiger partial charge in [0.1, 0.15) is 5.82 Å². The molecule has 0 aliphatic carbocycles. The minimum atomic E-state index is -0.884. The Morgan fingerprint density at radius 2 is 1.93 bits per heavy atom. The predicted octanol–water partition coefficient (Wildman–Crippen LogP) is 2.44. The van der Waals surface area contributed by atoms with Crippen LogP contribution in [0.1, 0.15) is 48.3 Å². The molecule has 0 spiro atoms. The summed E-state index contributed by atoms with van der Waals surface area (Å²) in [4.78, 5) is 47.4. The van der Waals surface area contributed by atoms with Crippen LogP contribution in [0.2, 0.25) is 0 Å². The van der Waals surface area contributed by atoms with Crippen molar-refractivity contribution in [1.29, 1.82) is 0 Å². The molecule has 8 heteroatoms. The standard InChI is InChI=1S/C21H25N5O3/c1-12-6-7-13(2)15(10-12)22-19(28)14-11-16(27)23-18-17(14)20(29)25-21(24-18)26-8-4-3-5-9-26/h6-7,10,14H,3-5,8-9,11H2,1-2H3,(H,22,28)(H2,23,24,25,27,29)/t14-/m0/s1. The van der Waals surface area contributed by atoms with Crippen molar-refractivity contribution in [2.45, 2.75) is 45.4 Å². The molecule has 0 bridgehead atoms. The molecule has 1 atom stereocenters. The van der Waals surface area contributed by atoms with Crippen molar-refractivity contribution in [3.05, 3.63) is 45.2 Å². The summed E-state index contributed by atoms with van der Waals surface area (Å²) in [6, 6.07) is 5.76. The molecule has 3 N–H and O–H groups in total. The summed E-state index contributed by atoms with van der Waals surface area (Å²) in [5, 5.41) is 5.55. The van der Waals surface area contributed by atoms with Gasteiger partial charge in [0.15, 0.2) is 0 Å². The van der Waals surface area contributed by atoms with Gasteiger partial charge in [-0.2, -0.15) is 4.98 Å². The lowest BCUT2D eigenvalue weighted by Crippen LogP contribution is -2.38. The second-order valence-corrected chi connectivity index (χ2v) is 7.81. The summed E-state index contributed by atoms with van der Waals surface area (Å²) < 4.78 is 0. The molecule has 2 aromatic rings. The number of nitrogens with zero attached hydrogens (tertiary/aromatic N) is 2. The van der Waals surface area contributed by atoms with E-state index < -0.39 is 5.92 Å². The van der Waals surface area contributed by atoms with Crippen molar-refractivity contribution in [3.8, 4) is 0 Å². The van der Waals surface area contributed by atoms with Crippen molar-refractivity contribution < 1.29 is 9.59 Å². The number of piperidine rings is 1. The molecule has 2 amide bonds. The zero-order chi connectivity index (χ0) is 20.5. The first-order valence-electron chi connectivity index (χ1n) is 9.99. The quantitative estimate of drug-likeness (QED) is 0.740. The molecular weight excluding hydrogens is 370 g/mol. The Morgan fingerprint density at radius 3 is 2.69 bits per heavy atom. The van der Waals surface area contributed by atoms with Gasteiger partial charge < -0.3 is 15.5 Å². The maximum atomic E-state index is 13.0. The van der Waals surface area contributed by atoms with Crippen LogP contribution < -0.4 is 21.1 Å². The number of aryl methyl sites for hydroxylation is 2. The third-order valence-electron chi connectivity index (χ3n) is 5.56. The largest absolute Gasteiger partial charge is 0.342 e. The number of nitrogens with one attached hydrogen (secondary N) is 3. The summed E-state index contributed by atoms with van der Waals surface area (Å²) in [6.45, 7) is 5.46. The molecule has 8 nitrogen and oxygen atoms in total. The third-order valence-corrected chi connectivity index (χ3v) is 5.56. The van der Waals surface area contributed by atoms with Gasteiger partial charge in [0.2, 0.25) is 17.8 Å². The summed E-state index contributed by atoms with van der Waals surface area (Å²) in [6.07, 6.45) is 3.14. The molecule has 29 heavy (non-hydrogen) atoms. The van der Waals surface area contributed by atoms with E-state index in [-0.39, 0.29) is 35.2 Å². The number of H-pyrrole nitrogens is 1. The van der Waals surface area contributed by atoms with Gasteiger partial charge in [0.05, 0.1) is 11.5 Å². The molecule has 3 heterocycles. The number of hydrogen-bond acceptors (Lipinski definition) is 5. The highest BCUT2D eigenvalue weighted by Crippen LogP contribution is 2.31. The number of rotatable bonds is 3. The Bertz CT molecular complexity index is 1020. The van der Waals surface area contributed by atoms with Crippen molar-refractivity contribution in [2.75, 3.05) is 28.6 Å². The number of carbonyl (C=O) groups is 2. The van der Waals surface area contributed by atoms with Crippen LogP contribution in [0.3, 0.4) is 0 Å². The number of fused-ring (bicyclic) bond motifs is 1. The second kappa shape index (κ2) is 7.69. The number of benzene rings is 1. The first-order chi connectivity index (χ1) is 13.9. The zero-order valence-corrected chi connectivity index (χ0v) is 16.7. The maximum absolute atomic E-state index is 13.0. The molecule has 0 saturated carbocycles. The van der Waals surface area contributed by atoms with E-state index in [1.54, 1.807) is 0 Å². The van der Waals surface area contributed by atoms with Gasteiger partial charge in [-0.3, -0.25) is 19.4 Å². The van der Waals surface area contributed by atoms with Crippen LogP contribution in [0.25, 0.3) is 0 Å². The fraction of sp³-hybridized carbons (Fsp3) is 0.429. The molecular formula is C21H25N5O3. The van der Waals surface area contributed by atoms with E-state index in [1.165, 1.54) is 0 Å². The van der Waals surface area contributed by atoms with Crippen molar-refractivity contribution in [2.24, 2.45) is 0 Å². The van der Waals surface area contributed by atoms with Gasteiger partial charge >= 0.3 is 0 Å². The Balaban J connectivity index is 1.66. The highest BCUT2D eigenvalue weighted by atomic mass is 16.2. The number of amides is 2. The van der Waals surface area contributed by atoms with Crippen molar-refractivity contribution >= 4 is 29.3 Å². The number of hydrogen-bond donors (Lipinski definition) is 3. The Labute approximate surface area is 168 Å². The number of carbonyl (C=O) groups excluding carboxylic acids is 2. The normalized spacial score (nSPS) is 18.8. The zero-order valence-electron chi connectivity index (χ0n) is 16.7. The van der Waals surface area contributed by atoms with Crippen LogP contribution >= 0.6 is 0 Å². The van der Waals surface area contributed by atoms with Gasteiger partial charge in [-0.15, -0.1) is 0 Å². The fourth-order valence-corrected chi connectivity index (χ4v) is 3.93. The summed E-state index contributed by atoms with van der Waals surface area (Å²) in [7, 11) is 0. The lowest BCUT2D eigenvalue weighted by molar-refractivity contribution is -0.123. The third kappa shape index (κ3) is 3.87. The SMILES string of the molecule is Cc1ccc(C)c(NC(=O)[C@H]2CC(=O)Nc3nc(N4CCCCC4)[nH]c(=O)c32)c1. The molecule has 4 rings (SSSR count). The summed E-state index contributed by atoms with van der Waals surface area (Å²) >= 11 is 0. The molecule has 152 valence electrons. The van der Waals surface area contributed by atoms with E-state index in [1.807, 2.05) is 36.9 Å². The minimum Gasteiger partial charge on any atom is -0.342 e. The topological polar surface area (TPSA) is 107 Å². The number of aromatic nitrogens is 2. The molecule has 1 fully saturated rings. The average molecular weight is 395 g/mol. The fourth-order valence-electron chi connectivity index (χ4n) is 3.93. The molecule has 2 aliphatic heterocycles. The first-order valence-corrected chi connectivity index (χ1v) is 9.99. The van der Waals surface area contributed by atoms with Gasteiger partial charge in [0, 0.05) is 25.2 Å². The average Bonchev–Trinajstić information content (AvgIpc) is 2.70. The van der Waals surface area contributed by atoms with Crippen molar-refractivity contribution in [3.63, 3.8) is 0 Å². The molecule has 0 unspecified atom stereocenters. The number of aromatic amines is 1. The Hall–Kier alpha value is -3.16. The van der Waals surface area contributed by atoms with Crippen LogP contribution in [0.5, 0.6) is 0 Å². The smallest absolute Gasteiger partial charge is 0.258 e. The number of anilines is 3. The van der Waals surface area contributed by atoms with Crippen LogP contribution in [0.4, 0.5) is 17.5 Å². The van der Waals surface area contributed by atoms with E-state index >= 15 is 0 Å². The van der Waals surface area contributed by atoms with Crippen LogP contribution in [0.15, 0.2) is 23.0 Å². The van der Waals surface area contributed by atoms with Gasteiger partial charge in [0.25, 0.3) is 5.56 Å². The molecule has 1 aromatic heterocycles. The monoisotopic (exact) mass is 395 g/mol. The van der Waals surface area contributed by atoms with E-state index in [2.05, 4.69) is 20.6 Å². The molecule has 1 saturated heterocycles. The van der Waals surface area contributed by atoms with Crippen LogP contribution in [0, 0.1) is 13.8 Å². The highest BCUT2D eigenvalue weighted by Gasteiger charge is 2.35. The van der Waals surface area contributed by atoms with Crippen LogP contribution in [-0.2, 0) is 9.59 Å². The van der Waals surface area contributed by atoms with E-state index in [4.69, 9.17) is 0 Å².